The SMILES string of the molecule is CCCC(Oc1ccc(S(=O)(=O)c2ccc(O)cc2)cc1)Oc1ccccc1S(=O)(=O)c1ccccc1. The lowest BCUT2D eigenvalue weighted by Crippen LogP contribution is -2.24. The second-order valence-corrected chi connectivity index (χ2v) is 12.1. The van der Waals surface area contributed by atoms with Crippen LogP contribution >= 0.6 is 0 Å². The van der Waals surface area contributed by atoms with Gasteiger partial charge in [0.25, 0.3) is 0 Å². The third kappa shape index (κ3) is 5.95. The molecule has 0 saturated heterocycles. The smallest absolute Gasteiger partial charge is 0.241 e. The van der Waals surface area contributed by atoms with Crippen LogP contribution in [0.25, 0.3) is 0 Å². The maximum Gasteiger partial charge on any atom is 0.241 e. The predicted molar refractivity (Wildman–Crippen MR) is 138 cm³/mol. The van der Waals surface area contributed by atoms with E-state index in [9.17, 15) is 21.9 Å². The van der Waals surface area contributed by atoms with E-state index in [0.717, 1.165) is 0 Å². The Morgan fingerprint density at radius 1 is 0.649 bits per heavy atom. The average molecular weight is 539 g/mol. The largest absolute Gasteiger partial charge is 0.508 e. The minimum Gasteiger partial charge on any atom is -0.508 e. The highest BCUT2D eigenvalue weighted by atomic mass is 32.2. The standard InChI is InChI=1S/C28H26O7S2/c1-2-8-28(35-26-11-6-7-12-27(26)37(32,33)23-9-4-3-5-10-23)34-22-15-19-25(20-16-22)36(30,31)24-17-13-21(29)14-18-24/h3-7,9-20,28-29H,2,8H2,1H3. The molecular weight excluding hydrogens is 512 g/mol. The molecule has 0 heterocycles. The number of phenols is 1. The summed E-state index contributed by atoms with van der Waals surface area (Å²) in [6, 6.07) is 25.7. The van der Waals surface area contributed by atoms with E-state index >= 15 is 0 Å². The monoisotopic (exact) mass is 538 g/mol. The van der Waals surface area contributed by atoms with Crippen LogP contribution in [0.5, 0.6) is 17.2 Å². The molecule has 0 amide bonds. The van der Waals surface area contributed by atoms with Crippen LogP contribution in [0, 0.1) is 0 Å². The van der Waals surface area contributed by atoms with Crippen LogP contribution in [0.1, 0.15) is 19.8 Å². The highest BCUT2D eigenvalue weighted by Crippen LogP contribution is 2.31. The lowest BCUT2D eigenvalue weighted by Gasteiger charge is -2.22. The molecule has 0 fully saturated rings. The molecule has 4 aromatic rings. The third-order valence-electron chi connectivity index (χ3n) is 5.52. The van der Waals surface area contributed by atoms with Crippen molar-refractivity contribution in [3.8, 4) is 17.2 Å². The summed E-state index contributed by atoms with van der Waals surface area (Å²) in [5.74, 6) is 0.505. The van der Waals surface area contributed by atoms with Crippen molar-refractivity contribution < 1.29 is 31.4 Å². The van der Waals surface area contributed by atoms with Crippen LogP contribution in [-0.2, 0) is 19.7 Å². The van der Waals surface area contributed by atoms with Gasteiger partial charge in [-0.2, -0.15) is 0 Å². The molecular formula is C28H26O7S2. The van der Waals surface area contributed by atoms with E-state index in [1.807, 2.05) is 6.92 Å². The number of benzene rings is 4. The Labute approximate surface area is 216 Å². The lowest BCUT2D eigenvalue weighted by atomic mass is 10.3. The van der Waals surface area contributed by atoms with Gasteiger partial charge in [-0.25, -0.2) is 16.8 Å². The molecule has 1 unspecified atom stereocenters. The number of sulfone groups is 2. The molecule has 37 heavy (non-hydrogen) atoms. The van der Waals surface area contributed by atoms with Crippen molar-refractivity contribution in [2.75, 3.05) is 0 Å². The Morgan fingerprint density at radius 2 is 1.19 bits per heavy atom. The van der Waals surface area contributed by atoms with Gasteiger partial charge < -0.3 is 14.6 Å². The second kappa shape index (κ2) is 11.1. The highest BCUT2D eigenvalue weighted by molar-refractivity contribution is 7.91. The van der Waals surface area contributed by atoms with E-state index in [0.29, 0.717) is 18.6 Å². The van der Waals surface area contributed by atoms with Gasteiger partial charge in [0.2, 0.25) is 26.0 Å². The normalized spacial score (nSPS) is 12.6. The van der Waals surface area contributed by atoms with Gasteiger partial charge in [-0.05, 0) is 79.2 Å². The Hall–Kier alpha value is -3.82. The molecule has 0 bridgehead atoms. The van der Waals surface area contributed by atoms with E-state index in [2.05, 4.69) is 0 Å². The Balaban J connectivity index is 1.56. The van der Waals surface area contributed by atoms with Crippen molar-refractivity contribution in [1.29, 1.82) is 0 Å². The van der Waals surface area contributed by atoms with Crippen LogP contribution in [0.3, 0.4) is 0 Å². The number of hydrogen-bond donors (Lipinski definition) is 1. The fourth-order valence-corrected chi connectivity index (χ4v) is 6.29. The molecule has 0 aliphatic heterocycles. The van der Waals surface area contributed by atoms with Crippen molar-refractivity contribution >= 4 is 19.7 Å². The maximum absolute atomic E-state index is 13.2. The minimum absolute atomic E-state index is 0.0252. The summed E-state index contributed by atoms with van der Waals surface area (Å²) in [6.07, 6.45) is 0.357. The first-order valence-electron chi connectivity index (χ1n) is 11.6. The summed E-state index contributed by atoms with van der Waals surface area (Å²) in [5.41, 5.74) is 0. The minimum atomic E-state index is -3.82. The van der Waals surface area contributed by atoms with Gasteiger partial charge in [0.1, 0.15) is 22.1 Å². The van der Waals surface area contributed by atoms with Crippen LogP contribution in [0.4, 0.5) is 0 Å². The second-order valence-electron chi connectivity index (χ2n) is 8.19. The molecule has 0 radical (unpaired) electrons. The van der Waals surface area contributed by atoms with E-state index in [1.54, 1.807) is 36.4 Å². The van der Waals surface area contributed by atoms with Gasteiger partial charge >= 0.3 is 0 Å². The van der Waals surface area contributed by atoms with Crippen LogP contribution in [0.15, 0.2) is 123 Å². The van der Waals surface area contributed by atoms with Gasteiger partial charge in [-0.15, -0.1) is 0 Å². The Kier molecular flexibility index (Phi) is 7.85. The summed E-state index contributed by atoms with van der Waals surface area (Å²) in [4.78, 5) is 0.311. The molecule has 0 aliphatic rings. The van der Waals surface area contributed by atoms with Crippen molar-refractivity contribution in [2.24, 2.45) is 0 Å². The van der Waals surface area contributed by atoms with Crippen LogP contribution in [0.2, 0.25) is 0 Å². The zero-order valence-electron chi connectivity index (χ0n) is 20.0. The number of para-hydroxylation sites is 1. The number of aromatic hydroxyl groups is 1. The number of rotatable bonds is 10. The molecule has 4 rings (SSSR count). The quantitative estimate of drug-likeness (QED) is 0.260. The van der Waals surface area contributed by atoms with Gasteiger partial charge in [-0.1, -0.05) is 37.3 Å². The van der Waals surface area contributed by atoms with E-state index in [4.69, 9.17) is 9.47 Å². The molecule has 1 N–H and O–H groups in total. The van der Waals surface area contributed by atoms with E-state index in [-0.39, 0.29) is 31.1 Å². The summed E-state index contributed by atoms with van der Waals surface area (Å²) >= 11 is 0. The first-order valence-corrected chi connectivity index (χ1v) is 14.5. The van der Waals surface area contributed by atoms with Crippen molar-refractivity contribution in [3.05, 3.63) is 103 Å². The summed E-state index contributed by atoms with van der Waals surface area (Å²) in [7, 11) is -7.59. The summed E-state index contributed by atoms with van der Waals surface area (Å²) in [5, 5.41) is 9.43. The number of ether oxygens (including phenoxy) is 2. The molecule has 0 aromatic heterocycles. The fraction of sp³-hybridized carbons (Fsp3) is 0.143. The topological polar surface area (TPSA) is 107 Å². The molecule has 0 aliphatic carbocycles. The third-order valence-corrected chi connectivity index (χ3v) is 9.12. The first kappa shape index (κ1) is 26.2. The fourth-order valence-electron chi connectivity index (χ4n) is 3.63. The van der Waals surface area contributed by atoms with Crippen molar-refractivity contribution in [3.63, 3.8) is 0 Å². The highest BCUT2D eigenvalue weighted by Gasteiger charge is 2.24. The number of hydrogen-bond acceptors (Lipinski definition) is 7. The Bertz CT molecular complexity index is 1550. The predicted octanol–water partition coefficient (Wildman–Crippen LogP) is 5.64. The molecule has 7 nitrogen and oxygen atoms in total. The zero-order valence-corrected chi connectivity index (χ0v) is 21.7. The number of phenolic OH excluding ortho intramolecular Hbond substituents is 1. The maximum atomic E-state index is 13.2. The zero-order chi connectivity index (χ0) is 26.5. The molecule has 9 heteroatoms. The van der Waals surface area contributed by atoms with E-state index < -0.39 is 26.0 Å². The van der Waals surface area contributed by atoms with Gasteiger partial charge in [-0.3, -0.25) is 0 Å². The molecule has 192 valence electrons. The summed E-state index contributed by atoms with van der Waals surface area (Å²) in [6.45, 7) is 1.94. The van der Waals surface area contributed by atoms with Crippen molar-refractivity contribution in [1.82, 2.24) is 0 Å². The Morgan fingerprint density at radius 3 is 1.81 bits per heavy atom. The molecule has 1 atom stereocenters. The van der Waals surface area contributed by atoms with E-state index in [1.165, 1.54) is 66.7 Å². The van der Waals surface area contributed by atoms with Crippen LogP contribution < -0.4 is 9.47 Å². The molecule has 0 saturated carbocycles. The van der Waals surface area contributed by atoms with Crippen molar-refractivity contribution in [2.45, 2.75) is 45.6 Å². The van der Waals surface area contributed by atoms with Crippen LogP contribution in [-0.4, -0.2) is 28.2 Å². The van der Waals surface area contributed by atoms with Gasteiger partial charge in [0, 0.05) is 6.42 Å². The molecule has 0 spiro atoms. The van der Waals surface area contributed by atoms with Gasteiger partial charge in [0.15, 0.2) is 0 Å². The summed E-state index contributed by atoms with van der Waals surface area (Å²) < 4.78 is 64.2. The molecule has 4 aromatic carbocycles. The van der Waals surface area contributed by atoms with Gasteiger partial charge in [0.05, 0.1) is 14.7 Å². The lowest BCUT2D eigenvalue weighted by molar-refractivity contribution is -0.00319. The average Bonchev–Trinajstić information content (AvgIpc) is 2.90. The first-order chi connectivity index (χ1) is 17.7.